The van der Waals surface area contributed by atoms with Crippen LogP contribution < -0.4 is 0 Å². The van der Waals surface area contributed by atoms with Gasteiger partial charge in [-0.25, -0.2) is 4.68 Å². The van der Waals surface area contributed by atoms with Crippen LogP contribution in [-0.2, 0) is 11.2 Å². The highest BCUT2D eigenvalue weighted by Crippen LogP contribution is 2.18. The van der Waals surface area contributed by atoms with Crippen LogP contribution in [0.25, 0.3) is 5.69 Å². The normalized spacial score (nSPS) is 16.3. The highest BCUT2D eigenvalue weighted by molar-refractivity contribution is 5.95. The van der Waals surface area contributed by atoms with Gasteiger partial charge < -0.3 is 9.80 Å². The number of aromatic nitrogens is 4. The van der Waals surface area contributed by atoms with Crippen molar-refractivity contribution in [3.8, 4) is 5.69 Å². The predicted octanol–water partition coefficient (Wildman–Crippen LogP) is 1.74. The second kappa shape index (κ2) is 8.69. The molecule has 8 nitrogen and oxygen atoms in total. The van der Waals surface area contributed by atoms with Gasteiger partial charge in [0.15, 0.2) is 0 Å². The van der Waals surface area contributed by atoms with Crippen molar-refractivity contribution in [2.75, 3.05) is 19.6 Å². The molecule has 0 radical (unpaired) electrons. The van der Waals surface area contributed by atoms with E-state index in [-0.39, 0.29) is 17.9 Å². The maximum atomic E-state index is 13.1. The number of amides is 2. The van der Waals surface area contributed by atoms with E-state index in [1.165, 1.54) is 17.1 Å². The lowest BCUT2D eigenvalue weighted by Crippen LogP contribution is -2.57. The second-order valence-electron chi connectivity index (χ2n) is 7.13. The maximum absolute atomic E-state index is 13.1. The van der Waals surface area contributed by atoms with Gasteiger partial charge >= 0.3 is 0 Å². The Balaban J connectivity index is 1.50. The molecular formula is C22H22N6O2. The maximum Gasteiger partial charge on any atom is 0.253 e. The lowest BCUT2D eigenvalue weighted by Gasteiger charge is -2.41. The van der Waals surface area contributed by atoms with Gasteiger partial charge in [-0.2, -0.15) is 0 Å². The molecule has 0 unspecified atom stereocenters. The van der Waals surface area contributed by atoms with Crippen LogP contribution in [0.2, 0.25) is 0 Å². The summed E-state index contributed by atoms with van der Waals surface area (Å²) in [6.07, 6.45) is 3.52. The molecule has 1 aliphatic rings. The van der Waals surface area contributed by atoms with Gasteiger partial charge in [-0.05, 0) is 52.8 Å². The molecule has 4 rings (SSSR count). The summed E-state index contributed by atoms with van der Waals surface area (Å²) in [6.45, 7) is 5.06. The topological polar surface area (TPSA) is 84.2 Å². The van der Waals surface area contributed by atoms with E-state index in [0.717, 1.165) is 11.3 Å². The summed E-state index contributed by atoms with van der Waals surface area (Å²) >= 11 is 0. The molecule has 2 amide bonds. The Bertz CT molecular complexity index is 1020. The third kappa shape index (κ3) is 4.12. The van der Waals surface area contributed by atoms with Gasteiger partial charge in [-0.1, -0.05) is 36.9 Å². The zero-order valence-corrected chi connectivity index (χ0v) is 16.5. The fourth-order valence-electron chi connectivity index (χ4n) is 3.73. The molecule has 1 fully saturated rings. The average molecular weight is 402 g/mol. The van der Waals surface area contributed by atoms with Gasteiger partial charge in [-0.15, -0.1) is 5.10 Å². The van der Waals surface area contributed by atoms with Crippen molar-refractivity contribution in [3.05, 3.63) is 84.7 Å². The molecule has 2 heterocycles. The highest BCUT2D eigenvalue weighted by atomic mass is 16.2. The van der Waals surface area contributed by atoms with Gasteiger partial charge in [0.2, 0.25) is 5.91 Å². The quantitative estimate of drug-likeness (QED) is 0.607. The van der Waals surface area contributed by atoms with Gasteiger partial charge in [0, 0.05) is 25.2 Å². The van der Waals surface area contributed by atoms with E-state index in [1.807, 2.05) is 52.3 Å². The van der Waals surface area contributed by atoms with Crippen molar-refractivity contribution in [3.63, 3.8) is 0 Å². The van der Waals surface area contributed by atoms with E-state index in [0.29, 0.717) is 31.6 Å². The van der Waals surface area contributed by atoms with Crippen LogP contribution in [0.3, 0.4) is 0 Å². The Kier molecular flexibility index (Phi) is 5.65. The van der Waals surface area contributed by atoms with Crippen LogP contribution in [0.5, 0.6) is 0 Å². The second-order valence-corrected chi connectivity index (χ2v) is 7.13. The first-order valence-corrected chi connectivity index (χ1v) is 9.75. The van der Waals surface area contributed by atoms with Gasteiger partial charge in [-0.3, -0.25) is 9.59 Å². The fourth-order valence-corrected chi connectivity index (χ4v) is 3.73. The summed E-state index contributed by atoms with van der Waals surface area (Å²) in [5.41, 5.74) is 2.50. The summed E-state index contributed by atoms with van der Waals surface area (Å²) in [4.78, 5) is 29.1. The Morgan fingerprint density at radius 3 is 2.50 bits per heavy atom. The Morgan fingerprint density at radius 2 is 1.83 bits per heavy atom. The zero-order chi connectivity index (χ0) is 20.9. The van der Waals surface area contributed by atoms with E-state index in [2.05, 4.69) is 22.1 Å². The summed E-state index contributed by atoms with van der Waals surface area (Å²) in [6, 6.07) is 17.1. The molecule has 152 valence electrons. The minimum Gasteiger partial charge on any atom is -0.335 e. The van der Waals surface area contributed by atoms with Crippen molar-refractivity contribution in [1.82, 2.24) is 30.0 Å². The van der Waals surface area contributed by atoms with E-state index in [9.17, 15) is 9.59 Å². The first-order chi connectivity index (χ1) is 14.7. The van der Waals surface area contributed by atoms with E-state index >= 15 is 0 Å². The van der Waals surface area contributed by atoms with Gasteiger partial charge in [0.1, 0.15) is 6.33 Å². The predicted molar refractivity (Wildman–Crippen MR) is 111 cm³/mol. The number of hydrogen-bond acceptors (Lipinski definition) is 5. The van der Waals surface area contributed by atoms with Crippen LogP contribution in [0.4, 0.5) is 0 Å². The number of carbonyl (C=O) groups excluding carboxylic acids is 2. The molecule has 0 bridgehead atoms. The van der Waals surface area contributed by atoms with Crippen LogP contribution >= 0.6 is 0 Å². The van der Waals surface area contributed by atoms with Crippen molar-refractivity contribution in [1.29, 1.82) is 0 Å². The molecule has 3 aromatic rings. The minimum absolute atomic E-state index is 0.0537. The van der Waals surface area contributed by atoms with Crippen molar-refractivity contribution in [2.24, 2.45) is 0 Å². The number of rotatable bonds is 5. The molecular weight excluding hydrogens is 380 g/mol. The number of hydrogen-bond donors (Lipinski definition) is 0. The average Bonchev–Trinajstić information content (AvgIpc) is 3.34. The summed E-state index contributed by atoms with van der Waals surface area (Å²) < 4.78 is 1.53. The van der Waals surface area contributed by atoms with Gasteiger partial charge in [0.25, 0.3) is 5.91 Å². The van der Waals surface area contributed by atoms with Crippen LogP contribution in [0.1, 0.15) is 15.9 Å². The minimum atomic E-state index is -0.103. The van der Waals surface area contributed by atoms with E-state index in [4.69, 9.17) is 0 Å². The molecule has 0 N–H and O–H groups in total. The SMILES string of the molecule is C=CC(=O)N1CCN(C(=O)c2ccc(-n3cnnn3)cc2)C[C@@H]1Cc1ccccc1. The van der Waals surface area contributed by atoms with Crippen LogP contribution in [-0.4, -0.2) is 67.5 Å². The lowest BCUT2D eigenvalue weighted by molar-refractivity contribution is -0.130. The number of carbonyl (C=O) groups is 2. The zero-order valence-electron chi connectivity index (χ0n) is 16.5. The molecule has 0 saturated carbocycles. The number of nitrogens with zero attached hydrogens (tertiary/aromatic N) is 6. The fraction of sp³-hybridized carbons (Fsp3) is 0.227. The van der Waals surface area contributed by atoms with Gasteiger partial charge in [0.05, 0.1) is 11.7 Å². The number of tetrazole rings is 1. The standard InChI is InChI=1S/C22H22N6O2/c1-2-21(29)27-13-12-26(15-20(27)14-17-6-4-3-5-7-17)22(30)18-8-10-19(11-9-18)28-16-23-24-25-28/h2-11,16,20H,1,12-15H2/t20-/m0/s1. The molecule has 0 spiro atoms. The van der Waals surface area contributed by atoms with E-state index in [1.54, 1.807) is 12.1 Å². The number of piperazine rings is 1. The summed E-state index contributed by atoms with van der Waals surface area (Å²) in [5, 5.41) is 11.1. The highest BCUT2D eigenvalue weighted by Gasteiger charge is 2.32. The Hall–Kier alpha value is -3.81. The first kappa shape index (κ1) is 19.5. The lowest BCUT2D eigenvalue weighted by atomic mass is 10.0. The Morgan fingerprint density at radius 1 is 1.07 bits per heavy atom. The van der Waals surface area contributed by atoms with Crippen LogP contribution in [0.15, 0.2) is 73.6 Å². The number of benzene rings is 2. The van der Waals surface area contributed by atoms with Crippen molar-refractivity contribution < 1.29 is 9.59 Å². The van der Waals surface area contributed by atoms with E-state index < -0.39 is 0 Å². The molecule has 0 aliphatic carbocycles. The van der Waals surface area contributed by atoms with Crippen LogP contribution in [0, 0.1) is 0 Å². The monoisotopic (exact) mass is 402 g/mol. The molecule has 1 aromatic heterocycles. The summed E-state index contributed by atoms with van der Waals surface area (Å²) in [5.74, 6) is -0.157. The molecule has 1 saturated heterocycles. The molecule has 8 heteroatoms. The molecule has 2 aromatic carbocycles. The van der Waals surface area contributed by atoms with Crippen molar-refractivity contribution >= 4 is 11.8 Å². The molecule has 30 heavy (non-hydrogen) atoms. The smallest absolute Gasteiger partial charge is 0.253 e. The third-order valence-corrected chi connectivity index (χ3v) is 5.27. The Labute approximate surface area is 174 Å². The first-order valence-electron chi connectivity index (χ1n) is 9.75. The molecule has 1 aliphatic heterocycles. The van der Waals surface area contributed by atoms with Crippen molar-refractivity contribution in [2.45, 2.75) is 12.5 Å². The third-order valence-electron chi connectivity index (χ3n) is 5.27. The molecule has 1 atom stereocenters. The largest absolute Gasteiger partial charge is 0.335 e. The summed E-state index contributed by atoms with van der Waals surface area (Å²) in [7, 11) is 0.